The molecule has 110 valence electrons. The average Bonchev–Trinajstić information content (AvgIpc) is 2.48. The molecule has 0 amide bonds. The third-order valence-electron chi connectivity index (χ3n) is 2.90. The van der Waals surface area contributed by atoms with Crippen molar-refractivity contribution in [2.24, 2.45) is 5.10 Å². The van der Waals surface area contributed by atoms with Gasteiger partial charge in [-0.3, -0.25) is 5.43 Å². The maximum Gasteiger partial charge on any atom is 0.152 e. The summed E-state index contributed by atoms with van der Waals surface area (Å²) < 4.78 is 0. The molecule has 0 saturated heterocycles. The SMILES string of the molecule is CC(C)c1nc(NN=Cc2ccccc2)cc(N(C)C)n1. The molecule has 21 heavy (non-hydrogen) atoms. The Labute approximate surface area is 125 Å². The molecule has 0 fully saturated rings. The Balaban J connectivity index is 2.17. The second kappa shape index (κ2) is 6.83. The fourth-order valence-corrected chi connectivity index (χ4v) is 1.71. The zero-order valence-corrected chi connectivity index (χ0v) is 12.9. The van der Waals surface area contributed by atoms with Crippen LogP contribution in [0.1, 0.15) is 31.2 Å². The first-order chi connectivity index (χ1) is 10.1. The summed E-state index contributed by atoms with van der Waals surface area (Å²) in [6, 6.07) is 11.8. The zero-order valence-electron chi connectivity index (χ0n) is 12.9. The van der Waals surface area contributed by atoms with Crippen molar-refractivity contribution in [3.63, 3.8) is 0 Å². The van der Waals surface area contributed by atoms with Crippen LogP contribution in [0, 0.1) is 0 Å². The number of nitrogens with one attached hydrogen (secondary N) is 1. The normalized spacial score (nSPS) is 11.1. The zero-order chi connectivity index (χ0) is 15.2. The quantitative estimate of drug-likeness (QED) is 0.676. The first-order valence-corrected chi connectivity index (χ1v) is 6.96. The molecule has 1 heterocycles. The fourth-order valence-electron chi connectivity index (χ4n) is 1.71. The Kier molecular flexibility index (Phi) is 4.87. The molecule has 5 heteroatoms. The predicted molar refractivity (Wildman–Crippen MR) is 88.1 cm³/mol. The predicted octanol–water partition coefficient (Wildman–Crippen LogP) is 3.11. The summed E-state index contributed by atoms with van der Waals surface area (Å²) >= 11 is 0. The van der Waals surface area contributed by atoms with Crippen molar-refractivity contribution < 1.29 is 0 Å². The van der Waals surface area contributed by atoms with E-state index in [2.05, 4.69) is 34.3 Å². The van der Waals surface area contributed by atoms with Crippen LogP contribution in [-0.4, -0.2) is 30.3 Å². The lowest BCUT2D eigenvalue weighted by Crippen LogP contribution is -2.13. The Morgan fingerprint density at radius 1 is 1.14 bits per heavy atom. The molecule has 2 rings (SSSR count). The second-order valence-corrected chi connectivity index (χ2v) is 5.30. The second-order valence-electron chi connectivity index (χ2n) is 5.30. The summed E-state index contributed by atoms with van der Waals surface area (Å²) in [6.45, 7) is 4.15. The number of benzene rings is 1. The van der Waals surface area contributed by atoms with E-state index >= 15 is 0 Å². The van der Waals surface area contributed by atoms with Crippen molar-refractivity contribution in [3.05, 3.63) is 47.8 Å². The van der Waals surface area contributed by atoms with Gasteiger partial charge in [0.15, 0.2) is 5.82 Å². The molecular formula is C16H21N5. The number of nitrogens with zero attached hydrogens (tertiary/aromatic N) is 4. The lowest BCUT2D eigenvalue weighted by atomic mass is 10.2. The van der Waals surface area contributed by atoms with Crippen molar-refractivity contribution in [3.8, 4) is 0 Å². The minimum Gasteiger partial charge on any atom is -0.363 e. The van der Waals surface area contributed by atoms with Gasteiger partial charge in [0.25, 0.3) is 0 Å². The highest BCUT2D eigenvalue weighted by molar-refractivity contribution is 5.79. The van der Waals surface area contributed by atoms with Gasteiger partial charge in [-0.1, -0.05) is 44.2 Å². The van der Waals surface area contributed by atoms with Gasteiger partial charge in [0.05, 0.1) is 6.21 Å². The van der Waals surface area contributed by atoms with Gasteiger partial charge in [0, 0.05) is 26.1 Å². The maximum absolute atomic E-state index is 4.52. The standard InChI is InChI=1S/C16H21N5/c1-12(2)16-18-14(10-15(19-16)21(3)4)20-17-11-13-8-6-5-7-9-13/h5-12H,1-4H3,(H,18,19,20). The Morgan fingerprint density at radius 2 is 1.86 bits per heavy atom. The monoisotopic (exact) mass is 283 g/mol. The molecule has 0 unspecified atom stereocenters. The van der Waals surface area contributed by atoms with Gasteiger partial charge < -0.3 is 4.90 Å². The van der Waals surface area contributed by atoms with Gasteiger partial charge >= 0.3 is 0 Å². The molecule has 0 spiro atoms. The highest BCUT2D eigenvalue weighted by Gasteiger charge is 2.08. The van der Waals surface area contributed by atoms with Crippen molar-refractivity contribution in [2.45, 2.75) is 19.8 Å². The van der Waals surface area contributed by atoms with Gasteiger partial charge in [-0.25, -0.2) is 9.97 Å². The van der Waals surface area contributed by atoms with Gasteiger partial charge in [-0.15, -0.1) is 0 Å². The molecule has 5 nitrogen and oxygen atoms in total. The molecule has 2 aromatic rings. The van der Waals surface area contributed by atoms with Crippen molar-refractivity contribution in [2.75, 3.05) is 24.4 Å². The van der Waals surface area contributed by atoms with Gasteiger partial charge in [0.2, 0.25) is 0 Å². The van der Waals surface area contributed by atoms with Crippen LogP contribution < -0.4 is 10.3 Å². The molecule has 1 N–H and O–H groups in total. The number of anilines is 2. The lowest BCUT2D eigenvalue weighted by molar-refractivity contribution is 0.771. The van der Waals surface area contributed by atoms with Gasteiger partial charge in [-0.2, -0.15) is 5.10 Å². The van der Waals surface area contributed by atoms with Gasteiger partial charge in [-0.05, 0) is 5.56 Å². The highest BCUT2D eigenvalue weighted by Crippen LogP contribution is 2.18. The molecule has 0 radical (unpaired) electrons. The largest absolute Gasteiger partial charge is 0.363 e. The molecule has 0 aliphatic carbocycles. The molecule has 0 bridgehead atoms. The van der Waals surface area contributed by atoms with Crippen LogP contribution in [0.25, 0.3) is 0 Å². The van der Waals surface area contributed by atoms with E-state index in [1.807, 2.05) is 55.4 Å². The molecule has 0 atom stereocenters. The fraction of sp³-hybridized carbons (Fsp3) is 0.312. The van der Waals surface area contributed by atoms with E-state index in [0.29, 0.717) is 5.82 Å². The number of aromatic nitrogens is 2. The minimum atomic E-state index is 0.267. The Morgan fingerprint density at radius 3 is 2.48 bits per heavy atom. The number of hydrogen-bond donors (Lipinski definition) is 1. The van der Waals surface area contributed by atoms with Crippen molar-refractivity contribution >= 4 is 17.9 Å². The summed E-state index contributed by atoms with van der Waals surface area (Å²) in [5, 5.41) is 4.23. The number of rotatable bonds is 5. The summed E-state index contributed by atoms with van der Waals surface area (Å²) in [4.78, 5) is 11.0. The smallest absolute Gasteiger partial charge is 0.152 e. The van der Waals surface area contributed by atoms with E-state index in [1.54, 1.807) is 6.21 Å². The molecular weight excluding hydrogens is 262 g/mol. The molecule has 0 aliphatic heterocycles. The van der Waals surface area contributed by atoms with Crippen molar-refractivity contribution in [1.29, 1.82) is 0 Å². The van der Waals surface area contributed by atoms with Crippen LogP contribution in [0.4, 0.5) is 11.6 Å². The van der Waals surface area contributed by atoms with Crippen LogP contribution in [0.3, 0.4) is 0 Å². The number of hydrazone groups is 1. The minimum absolute atomic E-state index is 0.267. The molecule has 0 aliphatic rings. The van der Waals surface area contributed by atoms with Crippen LogP contribution in [0.15, 0.2) is 41.5 Å². The Hall–Kier alpha value is -2.43. The third kappa shape index (κ3) is 4.27. The lowest BCUT2D eigenvalue weighted by Gasteiger charge is -2.15. The molecule has 1 aromatic carbocycles. The Bertz CT molecular complexity index is 579. The average molecular weight is 283 g/mol. The van der Waals surface area contributed by atoms with E-state index in [9.17, 15) is 0 Å². The van der Waals surface area contributed by atoms with E-state index in [-0.39, 0.29) is 5.92 Å². The number of hydrogen-bond acceptors (Lipinski definition) is 5. The maximum atomic E-state index is 4.52. The first-order valence-electron chi connectivity index (χ1n) is 6.96. The van der Waals surface area contributed by atoms with E-state index < -0.39 is 0 Å². The third-order valence-corrected chi connectivity index (χ3v) is 2.90. The molecule has 0 saturated carbocycles. The highest BCUT2D eigenvalue weighted by atomic mass is 15.3. The topological polar surface area (TPSA) is 53.4 Å². The van der Waals surface area contributed by atoms with Crippen molar-refractivity contribution in [1.82, 2.24) is 9.97 Å². The summed E-state index contributed by atoms with van der Waals surface area (Å²) in [5.41, 5.74) is 4.01. The van der Waals surface area contributed by atoms with Crippen LogP contribution in [0.2, 0.25) is 0 Å². The van der Waals surface area contributed by atoms with Gasteiger partial charge in [0.1, 0.15) is 11.6 Å². The van der Waals surface area contributed by atoms with E-state index in [0.717, 1.165) is 17.2 Å². The van der Waals surface area contributed by atoms with E-state index in [4.69, 9.17) is 0 Å². The summed E-state index contributed by atoms with van der Waals surface area (Å²) in [6.07, 6.45) is 1.77. The van der Waals surface area contributed by atoms with E-state index in [1.165, 1.54) is 0 Å². The summed E-state index contributed by atoms with van der Waals surface area (Å²) in [7, 11) is 3.92. The molecule has 1 aromatic heterocycles. The van der Waals surface area contributed by atoms with Crippen LogP contribution >= 0.6 is 0 Å². The summed E-state index contributed by atoms with van der Waals surface area (Å²) in [5.74, 6) is 2.64. The van der Waals surface area contributed by atoms with Crippen LogP contribution in [-0.2, 0) is 0 Å². The first kappa shape index (κ1) is 15.0. The van der Waals surface area contributed by atoms with Crippen LogP contribution in [0.5, 0.6) is 0 Å².